The lowest BCUT2D eigenvalue weighted by Crippen LogP contribution is -2.31. The van der Waals surface area contributed by atoms with Gasteiger partial charge in [-0.15, -0.1) is 0 Å². The van der Waals surface area contributed by atoms with Gasteiger partial charge in [0.05, 0.1) is 19.6 Å². The number of ether oxygens (including phenoxy) is 2. The maximum atomic E-state index is 13.6. The van der Waals surface area contributed by atoms with Crippen LogP contribution in [0.2, 0.25) is 0 Å². The van der Waals surface area contributed by atoms with E-state index in [1.807, 2.05) is 12.2 Å². The number of hydrogen-bond acceptors (Lipinski definition) is 4. The van der Waals surface area contributed by atoms with Crippen LogP contribution < -0.4 is 4.74 Å². The number of aryl methyl sites for hydroxylation is 1. The van der Waals surface area contributed by atoms with Crippen molar-refractivity contribution in [1.29, 1.82) is 0 Å². The highest BCUT2D eigenvalue weighted by molar-refractivity contribution is 5.84. The molecule has 4 nitrogen and oxygen atoms in total. The van der Waals surface area contributed by atoms with Gasteiger partial charge in [-0.3, -0.25) is 4.79 Å². The molecular formula is C25H29FO4. The zero-order valence-corrected chi connectivity index (χ0v) is 17.9. The molecule has 1 saturated heterocycles. The number of halogens is 1. The van der Waals surface area contributed by atoms with Gasteiger partial charge in [0, 0.05) is 12.0 Å². The van der Waals surface area contributed by atoms with E-state index < -0.39 is 18.2 Å². The summed E-state index contributed by atoms with van der Waals surface area (Å²) in [6.07, 6.45) is 3.77. The number of carbonyl (C=O) groups excluding carboxylic acids is 1. The van der Waals surface area contributed by atoms with Crippen molar-refractivity contribution in [3.63, 3.8) is 0 Å². The first-order chi connectivity index (χ1) is 14.3. The molecule has 1 N–H and O–H groups in total. The summed E-state index contributed by atoms with van der Waals surface area (Å²) in [4.78, 5) is 11.7. The summed E-state index contributed by atoms with van der Waals surface area (Å²) in [6, 6.07) is 8.53. The fourth-order valence-corrected chi connectivity index (χ4v) is 3.94. The molecule has 0 aromatic heterocycles. The van der Waals surface area contributed by atoms with Gasteiger partial charge in [-0.1, -0.05) is 45.0 Å². The van der Waals surface area contributed by atoms with Crippen molar-refractivity contribution < 1.29 is 23.8 Å². The maximum Gasteiger partial charge on any atom is 0.309 e. The molecule has 5 heteroatoms. The Hall–Kier alpha value is -2.66. The fraction of sp³-hybridized carbons (Fsp3) is 0.400. The number of esters is 1. The van der Waals surface area contributed by atoms with Crippen molar-refractivity contribution in [2.45, 2.75) is 58.2 Å². The molecule has 160 valence electrons. The second-order valence-corrected chi connectivity index (χ2v) is 7.94. The molecule has 0 spiro atoms. The maximum absolute atomic E-state index is 13.6. The molecule has 2 aromatic carbocycles. The molecule has 0 radical (unpaired) electrons. The third kappa shape index (κ3) is 4.73. The number of hydrogen-bond donors (Lipinski definition) is 1. The average molecular weight is 413 g/mol. The van der Waals surface area contributed by atoms with E-state index in [1.54, 1.807) is 19.2 Å². The fourth-order valence-electron chi connectivity index (χ4n) is 3.94. The van der Waals surface area contributed by atoms with Gasteiger partial charge in [0.1, 0.15) is 17.7 Å². The second-order valence-electron chi connectivity index (χ2n) is 7.94. The van der Waals surface area contributed by atoms with Crippen LogP contribution >= 0.6 is 0 Å². The van der Waals surface area contributed by atoms with Gasteiger partial charge in [-0.05, 0) is 52.8 Å². The Bertz CT molecular complexity index is 931. The highest BCUT2D eigenvalue weighted by Gasteiger charge is 2.26. The van der Waals surface area contributed by atoms with Crippen molar-refractivity contribution in [3.05, 3.63) is 58.9 Å². The van der Waals surface area contributed by atoms with E-state index in [4.69, 9.17) is 9.47 Å². The Kier molecular flexibility index (Phi) is 6.93. The van der Waals surface area contributed by atoms with Crippen LogP contribution in [0.1, 0.15) is 56.2 Å². The minimum Gasteiger partial charge on any atom is -0.496 e. The number of carbonyl (C=O) groups is 1. The van der Waals surface area contributed by atoms with Crippen molar-refractivity contribution >= 4 is 12.0 Å². The topological polar surface area (TPSA) is 55.8 Å². The minimum atomic E-state index is -0.695. The Morgan fingerprint density at radius 3 is 2.57 bits per heavy atom. The zero-order chi connectivity index (χ0) is 21.8. The van der Waals surface area contributed by atoms with Crippen LogP contribution in [0.3, 0.4) is 0 Å². The summed E-state index contributed by atoms with van der Waals surface area (Å²) >= 11 is 0. The van der Waals surface area contributed by atoms with Crippen LogP contribution in [-0.2, 0) is 16.0 Å². The third-order valence-electron chi connectivity index (χ3n) is 5.44. The zero-order valence-electron chi connectivity index (χ0n) is 17.9. The summed E-state index contributed by atoms with van der Waals surface area (Å²) in [6.45, 7) is 6.32. The van der Waals surface area contributed by atoms with Crippen molar-refractivity contribution in [2.24, 2.45) is 0 Å². The SMILES string of the molecule is CCc1cc(C(C)C)c(C=C[C@H]2C[C@H](O)CC(=O)O2)c(-c2ccc(F)cc2)c1OC. The van der Waals surface area contributed by atoms with Crippen molar-refractivity contribution in [1.82, 2.24) is 0 Å². The average Bonchev–Trinajstić information content (AvgIpc) is 2.70. The van der Waals surface area contributed by atoms with Crippen LogP contribution in [0.25, 0.3) is 17.2 Å². The predicted molar refractivity (Wildman–Crippen MR) is 116 cm³/mol. The van der Waals surface area contributed by atoms with E-state index in [9.17, 15) is 14.3 Å². The highest BCUT2D eigenvalue weighted by atomic mass is 19.1. The van der Waals surface area contributed by atoms with E-state index in [-0.39, 0.29) is 18.2 Å². The largest absolute Gasteiger partial charge is 0.496 e. The molecule has 2 aromatic rings. The van der Waals surface area contributed by atoms with E-state index in [1.165, 1.54) is 12.1 Å². The lowest BCUT2D eigenvalue weighted by Gasteiger charge is -2.25. The molecule has 1 heterocycles. The third-order valence-corrected chi connectivity index (χ3v) is 5.44. The lowest BCUT2D eigenvalue weighted by atomic mass is 9.86. The number of rotatable bonds is 6. The molecular weight excluding hydrogens is 383 g/mol. The first kappa shape index (κ1) is 22.0. The number of cyclic esters (lactones) is 1. The Morgan fingerprint density at radius 2 is 2.00 bits per heavy atom. The Balaban J connectivity index is 2.19. The van der Waals surface area contributed by atoms with Crippen LogP contribution in [0, 0.1) is 5.82 Å². The van der Waals surface area contributed by atoms with E-state index >= 15 is 0 Å². The summed E-state index contributed by atoms with van der Waals surface area (Å²) < 4.78 is 24.8. The van der Waals surface area contributed by atoms with Gasteiger partial charge in [0.15, 0.2) is 0 Å². The number of aliphatic hydroxyl groups is 1. The van der Waals surface area contributed by atoms with Gasteiger partial charge < -0.3 is 14.6 Å². The number of aliphatic hydroxyl groups excluding tert-OH is 1. The lowest BCUT2D eigenvalue weighted by molar-refractivity contribution is -0.156. The number of benzene rings is 2. The van der Waals surface area contributed by atoms with Gasteiger partial charge in [-0.25, -0.2) is 4.39 Å². The predicted octanol–water partition coefficient (Wildman–Crippen LogP) is 5.27. The standard InChI is InChI=1S/C25H29FO4/c1-5-16-12-22(15(2)3)21(11-10-20-13-19(27)14-23(28)30-20)24(25(16)29-4)17-6-8-18(26)9-7-17/h6-12,15,19-20,27H,5,13-14H2,1-4H3/t19-,20-/m0/s1. The molecule has 0 amide bonds. The van der Waals surface area contributed by atoms with Gasteiger partial charge >= 0.3 is 5.97 Å². The van der Waals surface area contributed by atoms with E-state index in [0.29, 0.717) is 6.42 Å². The number of methoxy groups -OCH3 is 1. The molecule has 0 unspecified atom stereocenters. The molecule has 1 fully saturated rings. The summed E-state index contributed by atoms with van der Waals surface area (Å²) in [5.41, 5.74) is 4.90. The Labute approximate surface area is 177 Å². The summed E-state index contributed by atoms with van der Waals surface area (Å²) in [5, 5.41) is 9.91. The van der Waals surface area contributed by atoms with Crippen molar-refractivity contribution in [2.75, 3.05) is 7.11 Å². The molecule has 0 saturated carbocycles. The molecule has 30 heavy (non-hydrogen) atoms. The van der Waals surface area contributed by atoms with Crippen LogP contribution in [0.4, 0.5) is 4.39 Å². The van der Waals surface area contributed by atoms with Crippen LogP contribution in [0.15, 0.2) is 36.4 Å². The monoisotopic (exact) mass is 412 g/mol. The van der Waals surface area contributed by atoms with Crippen LogP contribution in [-0.4, -0.2) is 30.4 Å². The van der Waals surface area contributed by atoms with Gasteiger partial charge in [0.2, 0.25) is 0 Å². The molecule has 3 rings (SSSR count). The van der Waals surface area contributed by atoms with Gasteiger partial charge in [-0.2, -0.15) is 0 Å². The van der Waals surface area contributed by atoms with Gasteiger partial charge in [0.25, 0.3) is 0 Å². The quantitative estimate of drug-likeness (QED) is 0.657. The molecule has 0 aliphatic carbocycles. The molecule has 0 bridgehead atoms. The second kappa shape index (κ2) is 9.43. The molecule has 2 atom stereocenters. The van der Waals surface area contributed by atoms with E-state index in [0.717, 1.165) is 40.0 Å². The first-order valence-electron chi connectivity index (χ1n) is 10.4. The smallest absolute Gasteiger partial charge is 0.309 e. The van der Waals surface area contributed by atoms with Crippen LogP contribution in [0.5, 0.6) is 5.75 Å². The summed E-state index contributed by atoms with van der Waals surface area (Å²) in [7, 11) is 1.64. The summed E-state index contributed by atoms with van der Waals surface area (Å²) in [5.74, 6) is 0.298. The van der Waals surface area contributed by atoms with E-state index in [2.05, 4.69) is 26.8 Å². The molecule has 1 aliphatic heterocycles. The normalized spacial score (nSPS) is 19.4. The first-order valence-corrected chi connectivity index (χ1v) is 10.4. The highest BCUT2D eigenvalue weighted by Crippen LogP contribution is 2.42. The minimum absolute atomic E-state index is 0.0292. The molecule has 1 aliphatic rings. The van der Waals surface area contributed by atoms with Crippen molar-refractivity contribution in [3.8, 4) is 16.9 Å². The Morgan fingerprint density at radius 1 is 1.30 bits per heavy atom.